The molecule has 0 spiro atoms. The van der Waals surface area contributed by atoms with Crippen molar-refractivity contribution in [3.8, 4) is 0 Å². The van der Waals surface area contributed by atoms with Gasteiger partial charge in [-0.25, -0.2) is 13.1 Å². The molecule has 6 nitrogen and oxygen atoms in total. The van der Waals surface area contributed by atoms with Gasteiger partial charge in [0.1, 0.15) is 0 Å². The summed E-state index contributed by atoms with van der Waals surface area (Å²) in [6, 6.07) is 22.6. The molecule has 3 aromatic carbocycles. The maximum absolute atomic E-state index is 13.4. The number of para-hydroxylation sites is 1. The highest BCUT2D eigenvalue weighted by molar-refractivity contribution is 7.89. The van der Waals surface area contributed by atoms with Crippen molar-refractivity contribution in [2.24, 2.45) is 0 Å². The minimum absolute atomic E-state index is 0.0548. The van der Waals surface area contributed by atoms with Crippen LogP contribution < -0.4 is 14.5 Å². The lowest BCUT2D eigenvalue weighted by molar-refractivity contribution is 0.187. The number of aryl methyl sites for hydroxylation is 3. The zero-order valence-corrected chi connectivity index (χ0v) is 22.8. The minimum atomic E-state index is -3.64. The van der Waals surface area contributed by atoms with Gasteiger partial charge in [-0.15, -0.1) is 0 Å². The Labute approximate surface area is 216 Å². The number of nitrogens with zero attached hydrogens (tertiary/aromatic N) is 3. The molecular formula is C29H38N4O2S. The molecule has 36 heavy (non-hydrogen) atoms. The van der Waals surface area contributed by atoms with Crippen molar-refractivity contribution in [2.45, 2.75) is 31.7 Å². The SMILES string of the molecule is Cc1cc(C)c(S(=O)(=O)NCC(c2ccc(N(C)C)cc2)N2CCN(c3ccccc3)CC2)cc1C. The molecule has 0 radical (unpaired) electrons. The van der Waals surface area contributed by atoms with Gasteiger partial charge in [-0.05, 0) is 73.4 Å². The molecule has 1 saturated heterocycles. The molecule has 3 aromatic rings. The van der Waals surface area contributed by atoms with E-state index in [-0.39, 0.29) is 6.04 Å². The van der Waals surface area contributed by atoms with Gasteiger partial charge in [-0.2, -0.15) is 0 Å². The summed E-state index contributed by atoms with van der Waals surface area (Å²) in [7, 11) is 0.404. The zero-order valence-electron chi connectivity index (χ0n) is 22.0. The molecule has 1 N–H and O–H groups in total. The largest absolute Gasteiger partial charge is 0.378 e. The first-order valence-electron chi connectivity index (χ1n) is 12.5. The fourth-order valence-electron chi connectivity index (χ4n) is 4.87. The first-order chi connectivity index (χ1) is 17.2. The Morgan fingerprint density at radius 2 is 1.44 bits per heavy atom. The van der Waals surface area contributed by atoms with E-state index in [2.05, 4.69) is 68.0 Å². The molecule has 0 saturated carbocycles. The quantitative estimate of drug-likeness (QED) is 0.487. The van der Waals surface area contributed by atoms with E-state index >= 15 is 0 Å². The Balaban J connectivity index is 1.55. The van der Waals surface area contributed by atoms with E-state index in [1.165, 1.54) is 5.69 Å². The summed E-state index contributed by atoms with van der Waals surface area (Å²) in [5.74, 6) is 0. The average molecular weight is 507 g/mol. The number of nitrogens with one attached hydrogen (secondary N) is 1. The smallest absolute Gasteiger partial charge is 0.240 e. The van der Waals surface area contributed by atoms with Crippen LogP contribution in [0.25, 0.3) is 0 Å². The van der Waals surface area contributed by atoms with Gasteiger partial charge in [-0.3, -0.25) is 4.90 Å². The average Bonchev–Trinajstić information content (AvgIpc) is 2.87. The van der Waals surface area contributed by atoms with Crippen molar-refractivity contribution in [1.29, 1.82) is 0 Å². The molecule has 1 unspecified atom stereocenters. The molecule has 4 rings (SSSR count). The van der Waals surface area contributed by atoms with Crippen molar-refractivity contribution in [2.75, 3.05) is 56.6 Å². The van der Waals surface area contributed by atoms with Gasteiger partial charge in [-0.1, -0.05) is 36.4 Å². The van der Waals surface area contributed by atoms with Crippen molar-refractivity contribution < 1.29 is 8.42 Å². The number of hydrogen-bond acceptors (Lipinski definition) is 5. The van der Waals surface area contributed by atoms with E-state index in [1.54, 1.807) is 6.07 Å². The van der Waals surface area contributed by atoms with Crippen LogP contribution in [0.15, 0.2) is 71.6 Å². The van der Waals surface area contributed by atoms with Gasteiger partial charge in [0, 0.05) is 64.2 Å². The first kappa shape index (κ1) is 26.2. The third-order valence-corrected chi connectivity index (χ3v) is 8.78. The van der Waals surface area contributed by atoms with E-state index in [1.807, 2.05) is 47.0 Å². The molecule has 1 fully saturated rings. The second kappa shape index (κ2) is 11.0. The van der Waals surface area contributed by atoms with Crippen LogP contribution in [0.2, 0.25) is 0 Å². The van der Waals surface area contributed by atoms with Crippen molar-refractivity contribution in [3.63, 3.8) is 0 Å². The van der Waals surface area contributed by atoms with Gasteiger partial charge in [0.2, 0.25) is 10.0 Å². The van der Waals surface area contributed by atoms with Crippen LogP contribution in [-0.2, 0) is 10.0 Å². The number of anilines is 2. The summed E-state index contributed by atoms with van der Waals surface area (Å²) in [6.45, 7) is 9.67. The lowest BCUT2D eigenvalue weighted by Gasteiger charge is -2.40. The number of benzene rings is 3. The van der Waals surface area contributed by atoms with Crippen LogP contribution in [0.4, 0.5) is 11.4 Å². The number of rotatable bonds is 8. The van der Waals surface area contributed by atoms with E-state index in [0.29, 0.717) is 11.4 Å². The second-order valence-electron chi connectivity index (χ2n) is 9.91. The normalized spacial score (nSPS) is 15.6. The maximum atomic E-state index is 13.4. The molecule has 0 aromatic heterocycles. The molecular weight excluding hydrogens is 468 g/mol. The van der Waals surface area contributed by atoms with Gasteiger partial charge < -0.3 is 9.80 Å². The molecule has 1 heterocycles. The number of hydrogen-bond donors (Lipinski definition) is 1. The monoisotopic (exact) mass is 506 g/mol. The molecule has 1 aliphatic heterocycles. The molecule has 0 aliphatic carbocycles. The highest BCUT2D eigenvalue weighted by Crippen LogP contribution is 2.27. The standard InChI is InChI=1S/C29H38N4O2S/c1-22-19-24(3)29(20-23(22)2)36(34,35)30-21-28(25-11-13-26(14-12-25)31(4)5)33-17-15-32(16-18-33)27-9-7-6-8-10-27/h6-14,19-20,28,30H,15-18,21H2,1-5H3. The van der Waals surface area contributed by atoms with Gasteiger partial charge in [0.25, 0.3) is 0 Å². The molecule has 0 amide bonds. The fraction of sp³-hybridized carbons (Fsp3) is 0.379. The maximum Gasteiger partial charge on any atom is 0.240 e. The Kier molecular flexibility index (Phi) is 8.03. The zero-order chi connectivity index (χ0) is 25.9. The summed E-state index contributed by atoms with van der Waals surface area (Å²) >= 11 is 0. The summed E-state index contributed by atoms with van der Waals surface area (Å²) in [4.78, 5) is 7.23. The minimum Gasteiger partial charge on any atom is -0.378 e. The second-order valence-corrected chi connectivity index (χ2v) is 11.6. The topological polar surface area (TPSA) is 55.9 Å². The Morgan fingerprint density at radius 1 is 0.833 bits per heavy atom. The van der Waals surface area contributed by atoms with E-state index in [0.717, 1.165) is 54.1 Å². The van der Waals surface area contributed by atoms with Crippen LogP contribution >= 0.6 is 0 Å². The highest BCUT2D eigenvalue weighted by atomic mass is 32.2. The predicted molar refractivity (Wildman–Crippen MR) is 150 cm³/mol. The van der Waals surface area contributed by atoms with Crippen molar-refractivity contribution in [3.05, 3.63) is 89.0 Å². The lowest BCUT2D eigenvalue weighted by atomic mass is 10.0. The van der Waals surface area contributed by atoms with Crippen LogP contribution in [0.1, 0.15) is 28.3 Å². The van der Waals surface area contributed by atoms with E-state index in [4.69, 9.17) is 0 Å². The van der Waals surface area contributed by atoms with Crippen molar-refractivity contribution >= 4 is 21.4 Å². The molecule has 1 atom stereocenters. The summed E-state index contributed by atoms with van der Waals surface area (Å²) in [6.07, 6.45) is 0. The van der Waals surface area contributed by atoms with Crippen LogP contribution in [-0.4, -0.2) is 60.1 Å². The third kappa shape index (κ3) is 5.91. The highest BCUT2D eigenvalue weighted by Gasteiger charge is 2.28. The third-order valence-electron chi connectivity index (χ3n) is 7.22. The lowest BCUT2D eigenvalue weighted by Crippen LogP contribution is -2.50. The predicted octanol–water partition coefficient (Wildman–Crippen LogP) is 4.52. The summed E-state index contributed by atoms with van der Waals surface area (Å²) in [5, 5.41) is 0. The Morgan fingerprint density at radius 3 is 2.06 bits per heavy atom. The fourth-order valence-corrected chi connectivity index (χ4v) is 6.22. The number of piperazine rings is 1. The van der Waals surface area contributed by atoms with Crippen molar-refractivity contribution in [1.82, 2.24) is 9.62 Å². The molecule has 1 aliphatic rings. The van der Waals surface area contributed by atoms with Crippen LogP contribution in [0.5, 0.6) is 0 Å². The van der Waals surface area contributed by atoms with Crippen LogP contribution in [0.3, 0.4) is 0 Å². The van der Waals surface area contributed by atoms with E-state index in [9.17, 15) is 8.42 Å². The molecule has 192 valence electrons. The van der Waals surface area contributed by atoms with E-state index < -0.39 is 10.0 Å². The first-order valence-corrected chi connectivity index (χ1v) is 14.0. The van der Waals surface area contributed by atoms with Gasteiger partial charge in [0.15, 0.2) is 0 Å². The van der Waals surface area contributed by atoms with Gasteiger partial charge in [0.05, 0.1) is 4.90 Å². The molecule has 0 bridgehead atoms. The van der Waals surface area contributed by atoms with Gasteiger partial charge >= 0.3 is 0 Å². The Bertz CT molecular complexity index is 1270. The summed E-state index contributed by atoms with van der Waals surface area (Å²) in [5.41, 5.74) is 6.32. The van der Waals surface area contributed by atoms with Crippen LogP contribution in [0, 0.1) is 20.8 Å². The summed E-state index contributed by atoms with van der Waals surface area (Å²) < 4.78 is 29.7. The number of sulfonamides is 1. The molecule has 7 heteroatoms. The Hall–Kier alpha value is -2.87.